The number of carbonyl (C=O) groups is 1. The Kier molecular flexibility index (Phi) is 3.49. The third kappa shape index (κ3) is 2.05. The van der Waals surface area contributed by atoms with Crippen molar-refractivity contribution in [3.63, 3.8) is 0 Å². The van der Waals surface area contributed by atoms with Crippen LogP contribution < -0.4 is 4.74 Å². The molecule has 1 atom stereocenters. The van der Waals surface area contributed by atoms with E-state index in [1.807, 2.05) is 0 Å². The highest BCUT2D eigenvalue weighted by molar-refractivity contribution is 9.10. The Bertz CT molecular complexity index is 351. The Morgan fingerprint density at radius 3 is 2.71 bits per heavy atom. The minimum atomic E-state index is -1.57. The minimum Gasteiger partial charge on any atom is -0.495 e. The number of methoxy groups -OCH3 is 1. The van der Waals surface area contributed by atoms with E-state index in [0.29, 0.717) is 10.2 Å². The first kappa shape index (κ1) is 11.0. The second kappa shape index (κ2) is 4.43. The van der Waals surface area contributed by atoms with Crippen LogP contribution in [-0.2, 0) is 4.79 Å². The van der Waals surface area contributed by atoms with Crippen molar-refractivity contribution in [2.45, 2.75) is 6.10 Å². The maximum atomic E-state index is 10.6. The van der Waals surface area contributed by atoms with Crippen molar-refractivity contribution in [3.05, 3.63) is 28.2 Å². The zero-order chi connectivity index (χ0) is 10.7. The molecule has 0 aliphatic carbocycles. The van der Waals surface area contributed by atoms with E-state index < -0.39 is 12.1 Å². The molecule has 0 aliphatic rings. The van der Waals surface area contributed by atoms with Crippen LogP contribution in [0.5, 0.6) is 5.75 Å². The summed E-state index contributed by atoms with van der Waals surface area (Å²) in [6.45, 7) is 0. The Hall–Kier alpha value is -1.07. The van der Waals surface area contributed by atoms with Crippen LogP contribution >= 0.6 is 15.9 Å². The fourth-order valence-corrected chi connectivity index (χ4v) is 1.63. The summed E-state index contributed by atoms with van der Waals surface area (Å²) in [7, 11) is 1.41. The molecule has 0 amide bonds. The van der Waals surface area contributed by atoms with Crippen LogP contribution in [0.1, 0.15) is 11.7 Å². The molecule has 5 heteroatoms. The molecular weight excluding hydrogens is 252 g/mol. The quantitative estimate of drug-likeness (QED) is 0.866. The van der Waals surface area contributed by atoms with Crippen LogP contribution in [-0.4, -0.2) is 23.3 Å². The van der Waals surface area contributed by atoms with E-state index in [0.717, 1.165) is 0 Å². The van der Waals surface area contributed by atoms with Gasteiger partial charge in [-0.05, 0) is 22.0 Å². The number of carboxylic acid groups (broad SMARTS) is 1. The monoisotopic (exact) mass is 260 g/mol. The molecule has 4 nitrogen and oxygen atoms in total. The van der Waals surface area contributed by atoms with E-state index in [4.69, 9.17) is 9.84 Å². The summed E-state index contributed by atoms with van der Waals surface area (Å²) in [4.78, 5) is 10.6. The molecule has 0 saturated carbocycles. The van der Waals surface area contributed by atoms with Crippen LogP contribution in [0.3, 0.4) is 0 Å². The van der Waals surface area contributed by atoms with E-state index in [2.05, 4.69) is 15.9 Å². The molecular formula is C9H9BrO4. The molecule has 1 aromatic carbocycles. The number of hydrogen-bond donors (Lipinski definition) is 2. The predicted octanol–water partition coefficient (Wildman–Crippen LogP) is 1.58. The van der Waals surface area contributed by atoms with Gasteiger partial charge in [0.2, 0.25) is 0 Å². The highest BCUT2D eigenvalue weighted by atomic mass is 79.9. The van der Waals surface area contributed by atoms with Gasteiger partial charge in [-0.3, -0.25) is 0 Å². The predicted molar refractivity (Wildman–Crippen MR) is 53.3 cm³/mol. The Morgan fingerprint density at radius 2 is 2.21 bits per heavy atom. The molecule has 76 valence electrons. The molecule has 2 N–H and O–H groups in total. The molecule has 0 aromatic heterocycles. The lowest BCUT2D eigenvalue weighted by molar-refractivity contribution is -0.147. The van der Waals surface area contributed by atoms with Crippen molar-refractivity contribution in [3.8, 4) is 5.75 Å². The van der Waals surface area contributed by atoms with Gasteiger partial charge in [-0.2, -0.15) is 0 Å². The smallest absolute Gasteiger partial charge is 0.337 e. The number of halogens is 1. The summed E-state index contributed by atoms with van der Waals surface area (Å²) >= 11 is 3.20. The van der Waals surface area contributed by atoms with Gasteiger partial charge in [0.25, 0.3) is 0 Å². The fraction of sp³-hybridized carbons (Fsp3) is 0.222. The number of ether oxygens (including phenoxy) is 1. The Labute approximate surface area is 89.3 Å². The van der Waals surface area contributed by atoms with Crippen molar-refractivity contribution < 1.29 is 19.7 Å². The summed E-state index contributed by atoms with van der Waals surface area (Å²) in [5, 5.41) is 18.0. The van der Waals surface area contributed by atoms with Gasteiger partial charge in [0, 0.05) is 5.56 Å². The third-order valence-corrected chi connectivity index (χ3v) is 2.35. The van der Waals surface area contributed by atoms with E-state index in [9.17, 15) is 9.90 Å². The molecule has 0 fully saturated rings. The zero-order valence-corrected chi connectivity index (χ0v) is 8.98. The zero-order valence-electron chi connectivity index (χ0n) is 7.40. The van der Waals surface area contributed by atoms with E-state index in [-0.39, 0.29) is 5.56 Å². The van der Waals surface area contributed by atoms with Crippen molar-refractivity contribution in [1.29, 1.82) is 0 Å². The van der Waals surface area contributed by atoms with Gasteiger partial charge in [-0.1, -0.05) is 12.1 Å². The lowest BCUT2D eigenvalue weighted by Crippen LogP contribution is -2.11. The second-order valence-corrected chi connectivity index (χ2v) is 3.46. The van der Waals surface area contributed by atoms with E-state index in [1.54, 1.807) is 12.1 Å². The molecule has 1 aromatic rings. The normalized spacial score (nSPS) is 12.2. The third-order valence-electron chi connectivity index (χ3n) is 1.73. The molecule has 0 saturated heterocycles. The van der Waals surface area contributed by atoms with Gasteiger partial charge in [0.15, 0.2) is 6.10 Å². The first-order valence-electron chi connectivity index (χ1n) is 3.81. The Morgan fingerprint density at radius 1 is 1.57 bits per heavy atom. The molecule has 0 bridgehead atoms. The lowest BCUT2D eigenvalue weighted by Gasteiger charge is -2.12. The molecule has 1 unspecified atom stereocenters. The standard InChI is InChI=1S/C9H9BrO4/c1-14-8-5(7(11)9(12)13)3-2-4-6(8)10/h2-4,7,11H,1H3,(H,12,13). The number of aliphatic hydroxyl groups excluding tert-OH is 1. The molecule has 1 rings (SSSR count). The average Bonchev–Trinajstić information content (AvgIpc) is 2.16. The summed E-state index contributed by atoms with van der Waals surface area (Å²) in [5.41, 5.74) is 0.231. The van der Waals surface area contributed by atoms with Crippen LogP contribution in [0.15, 0.2) is 22.7 Å². The van der Waals surface area contributed by atoms with Gasteiger partial charge >= 0.3 is 5.97 Å². The summed E-state index contributed by atoms with van der Waals surface area (Å²) in [6, 6.07) is 4.84. The number of carboxylic acids is 1. The van der Waals surface area contributed by atoms with Gasteiger partial charge in [0.1, 0.15) is 5.75 Å². The molecule has 0 radical (unpaired) electrons. The van der Waals surface area contributed by atoms with E-state index >= 15 is 0 Å². The first-order chi connectivity index (χ1) is 6.57. The minimum absolute atomic E-state index is 0.231. The molecule has 14 heavy (non-hydrogen) atoms. The summed E-state index contributed by atoms with van der Waals surface area (Å²) < 4.78 is 5.59. The van der Waals surface area contributed by atoms with Crippen molar-refractivity contribution in [2.75, 3.05) is 7.11 Å². The van der Waals surface area contributed by atoms with Gasteiger partial charge in [-0.25, -0.2) is 4.79 Å². The van der Waals surface area contributed by atoms with Crippen molar-refractivity contribution in [1.82, 2.24) is 0 Å². The van der Waals surface area contributed by atoms with Crippen molar-refractivity contribution in [2.24, 2.45) is 0 Å². The highest BCUT2D eigenvalue weighted by Gasteiger charge is 2.21. The van der Waals surface area contributed by atoms with Gasteiger partial charge in [-0.15, -0.1) is 0 Å². The average molecular weight is 261 g/mol. The van der Waals surface area contributed by atoms with Crippen molar-refractivity contribution >= 4 is 21.9 Å². The molecule has 0 spiro atoms. The summed E-state index contributed by atoms with van der Waals surface area (Å²) in [6.07, 6.45) is -1.57. The molecule has 0 aliphatic heterocycles. The van der Waals surface area contributed by atoms with Crippen LogP contribution in [0.25, 0.3) is 0 Å². The maximum absolute atomic E-state index is 10.6. The fourth-order valence-electron chi connectivity index (χ4n) is 1.09. The van der Waals surface area contributed by atoms with E-state index in [1.165, 1.54) is 13.2 Å². The number of aliphatic carboxylic acids is 1. The maximum Gasteiger partial charge on any atom is 0.337 e. The van der Waals surface area contributed by atoms with Crippen LogP contribution in [0.4, 0.5) is 0 Å². The van der Waals surface area contributed by atoms with Crippen LogP contribution in [0.2, 0.25) is 0 Å². The van der Waals surface area contributed by atoms with Gasteiger partial charge in [0.05, 0.1) is 11.6 Å². The first-order valence-corrected chi connectivity index (χ1v) is 4.60. The topological polar surface area (TPSA) is 66.8 Å². The number of hydrogen-bond acceptors (Lipinski definition) is 3. The number of aliphatic hydroxyl groups is 1. The van der Waals surface area contributed by atoms with Gasteiger partial charge < -0.3 is 14.9 Å². The second-order valence-electron chi connectivity index (χ2n) is 2.60. The lowest BCUT2D eigenvalue weighted by atomic mass is 10.1. The van der Waals surface area contributed by atoms with Crippen LogP contribution in [0, 0.1) is 0 Å². The summed E-state index contributed by atoms with van der Waals surface area (Å²) in [5.74, 6) is -0.969. The SMILES string of the molecule is COc1c(Br)cccc1C(O)C(=O)O. The highest BCUT2D eigenvalue weighted by Crippen LogP contribution is 2.32. The largest absolute Gasteiger partial charge is 0.495 e. The number of rotatable bonds is 3. The number of benzene rings is 1. The number of para-hydroxylation sites is 1. The Balaban J connectivity index is 3.20. The molecule has 0 heterocycles.